The quantitative estimate of drug-likeness (QED) is 0.208. The molecule has 3 aromatic heterocycles. The van der Waals surface area contributed by atoms with E-state index in [0.717, 1.165) is 5.69 Å². The van der Waals surface area contributed by atoms with Gasteiger partial charge < -0.3 is 9.52 Å². The minimum Gasteiger partial charge on any atom is -0.508 e. The number of aromatic hydroxyl groups is 1. The van der Waals surface area contributed by atoms with Gasteiger partial charge in [0.1, 0.15) is 17.0 Å². The van der Waals surface area contributed by atoms with Gasteiger partial charge in [0, 0.05) is 35.9 Å². The van der Waals surface area contributed by atoms with Crippen molar-refractivity contribution in [2.45, 2.75) is 17.8 Å². The molecule has 200 valence electrons. The van der Waals surface area contributed by atoms with E-state index in [4.69, 9.17) is 16.0 Å². The Labute approximate surface area is 236 Å². The number of phenols is 1. The highest BCUT2D eigenvalue weighted by atomic mass is 35.5. The van der Waals surface area contributed by atoms with E-state index in [9.17, 15) is 14.7 Å². The summed E-state index contributed by atoms with van der Waals surface area (Å²) < 4.78 is 10.4. The molecule has 0 aliphatic heterocycles. The number of hydrogen-bond donors (Lipinski definition) is 1. The average Bonchev–Trinajstić information content (AvgIpc) is 3.44. The average molecular weight is 572 g/mol. The van der Waals surface area contributed by atoms with Crippen LogP contribution in [0.5, 0.6) is 5.75 Å². The lowest BCUT2D eigenvalue weighted by molar-refractivity contribution is 0.473. The fraction of sp³-hybridized carbons (Fsp3) is 0.103. The second kappa shape index (κ2) is 10.2. The van der Waals surface area contributed by atoms with Crippen LogP contribution in [0.25, 0.3) is 33.7 Å². The summed E-state index contributed by atoms with van der Waals surface area (Å²) in [7, 11) is 1.82. The van der Waals surface area contributed by atoms with Crippen LogP contribution in [0.2, 0.25) is 5.02 Å². The highest BCUT2D eigenvalue weighted by molar-refractivity contribution is 7.98. The summed E-state index contributed by atoms with van der Waals surface area (Å²) in [5.41, 5.74) is 2.62. The molecule has 0 aliphatic rings. The molecule has 3 aromatic carbocycles. The number of fused-ring (bicyclic) bond motifs is 1. The zero-order valence-corrected chi connectivity index (χ0v) is 23.0. The van der Waals surface area contributed by atoms with Gasteiger partial charge in [-0.25, -0.2) is 9.48 Å². The molecule has 1 N–H and O–H groups in total. The lowest BCUT2D eigenvalue weighted by Crippen LogP contribution is -2.21. The Morgan fingerprint density at radius 2 is 1.73 bits per heavy atom. The van der Waals surface area contributed by atoms with E-state index >= 15 is 0 Å². The summed E-state index contributed by atoms with van der Waals surface area (Å²) in [4.78, 5) is 26.3. The number of phenolic OH excluding ortho intramolecular Hbond substituents is 1. The number of halogens is 1. The molecule has 3 heterocycles. The fourth-order valence-electron chi connectivity index (χ4n) is 4.67. The van der Waals surface area contributed by atoms with Gasteiger partial charge >= 0.3 is 5.63 Å². The van der Waals surface area contributed by atoms with Gasteiger partial charge in [0.05, 0.1) is 16.4 Å². The summed E-state index contributed by atoms with van der Waals surface area (Å²) in [5, 5.41) is 20.4. The van der Waals surface area contributed by atoms with Gasteiger partial charge in [-0.3, -0.25) is 14.0 Å². The van der Waals surface area contributed by atoms with E-state index < -0.39 is 5.63 Å². The van der Waals surface area contributed by atoms with Crippen LogP contribution in [0.4, 0.5) is 0 Å². The number of aromatic nitrogens is 5. The molecule has 0 amide bonds. The van der Waals surface area contributed by atoms with Crippen molar-refractivity contribution in [3.8, 4) is 28.5 Å². The maximum atomic E-state index is 14.0. The SMILES string of the molecule is Cc1c(-n2c(SCc3cc(=O)oc4cc(O)ccc34)nnc2-c2ccccc2Cl)c(=O)n(-c2ccccc2)n1C. The van der Waals surface area contributed by atoms with Crippen LogP contribution in [-0.2, 0) is 12.8 Å². The Hall–Kier alpha value is -4.54. The van der Waals surface area contributed by atoms with E-state index in [-0.39, 0.29) is 16.9 Å². The number of nitrogens with zero attached hydrogens (tertiary/aromatic N) is 5. The molecule has 0 fully saturated rings. The molecular weight excluding hydrogens is 550 g/mol. The van der Waals surface area contributed by atoms with E-state index in [1.54, 1.807) is 26.1 Å². The standard InChI is InChI=1S/C29H22ClN5O4S/c1-17-26(28(38)35(33(17)2)19-8-4-3-5-9-19)34-27(22-10-6-7-11-23(22)30)31-32-29(34)40-16-18-14-25(37)39-24-15-20(36)12-13-21(18)24/h3-15,36H,16H2,1-2H3. The first-order valence-corrected chi connectivity index (χ1v) is 13.6. The van der Waals surface area contributed by atoms with Crippen LogP contribution in [-0.4, -0.2) is 29.2 Å². The van der Waals surface area contributed by atoms with Crippen LogP contribution in [0.1, 0.15) is 11.3 Å². The van der Waals surface area contributed by atoms with E-state index in [2.05, 4.69) is 10.2 Å². The Bertz CT molecular complexity index is 2010. The Morgan fingerprint density at radius 3 is 2.50 bits per heavy atom. The molecule has 0 aliphatic carbocycles. The lowest BCUT2D eigenvalue weighted by Gasteiger charge is -2.11. The minimum atomic E-state index is -0.531. The summed E-state index contributed by atoms with van der Waals surface area (Å²) in [6.07, 6.45) is 0. The van der Waals surface area contributed by atoms with Gasteiger partial charge in [-0.15, -0.1) is 10.2 Å². The molecule has 0 unspecified atom stereocenters. The number of thioether (sulfide) groups is 1. The molecule has 6 rings (SSSR count). The van der Waals surface area contributed by atoms with Gasteiger partial charge in [0.15, 0.2) is 11.0 Å². The van der Waals surface area contributed by atoms with Crippen LogP contribution in [0.15, 0.2) is 98.0 Å². The molecule has 0 saturated carbocycles. The van der Waals surface area contributed by atoms with E-state index in [1.165, 1.54) is 30.0 Å². The highest BCUT2D eigenvalue weighted by Crippen LogP contribution is 2.34. The Kier molecular flexibility index (Phi) is 6.57. The Balaban J connectivity index is 1.52. The second-order valence-electron chi connectivity index (χ2n) is 9.09. The lowest BCUT2D eigenvalue weighted by atomic mass is 10.1. The fourth-order valence-corrected chi connectivity index (χ4v) is 5.82. The van der Waals surface area contributed by atoms with Crippen LogP contribution in [0.3, 0.4) is 0 Å². The molecule has 0 bridgehead atoms. The topological polar surface area (TPSA) is 108 Å². The van der Waals surface area contributed by atoms with Crippen molar-refractivity contribution in [2.24, 2.45) is 7.05 Å². The van der Waals surface area contributed by atoms with Gasteiger partial charge in [0.25, 0.3) is 5.56 Å². The zero-order valence-electron chi connectivity index (χ0n) is 21.4. The number of benzene rings is 3. The third-order valence-corrected chi connectivity index (χ3v) is 7.97. The predicted octanol–water partition coefficient (Wildman–Crippen LogP) is 5.49. The molecule has 0 radical (unpaired) electrons. The number of para-hydroxylation sites is 1. The maximum absolute atomic E-state index is 14.0. The largest absolute Gasteiger partial charge is 0.508 e. The molecular formula is C29H22ClN5O4S. The zero-order chi connectivity index (χ0) is 28.0. The van der Waals surface area contributed by atoms with Crippen molar-refractivity contribution in [1.29, 1.82) is 0 Å². The molecule has 40 heavy (non-hydrogen) atoms. The number of rotatable bonds is 6. The van der Waals surface area contributed by atoms with Crippen molar-refractivity contribution in [2.75, 3.05) is 0 Å². The minimum absolute atomic E-state index is 0.00109. The smallest absolute Gasteiger partial charge is 0.336 e. The van der Waals surface area contributed by atoms with Crippen molar-refractivity contribution in [3.63, 3.8) is 0 Å². The van der Waals surface area contributed by atoms with Gasteiger partial charge in [-0.05, 0) is 48.9 Å². The molecule has 0 spiro atoms. The Morgan fingerprint density at radius 1 is 0.975 bits per heavy atom. The first-order valence-electron chi connectivity index (χ1n) is 12.3. The van der Waals surface area contributed by atoms with E-state index in [1.807, 2.05) is 62.5 Å². The first kappa shape index (κ1) is 25.7. The van der Waals surface area contributed by atoms with E-state index in [0.29, 0.717) is 49.7 Å². The molecule has 6 aromatic rings. The van der Waals surface area contributed by atoms with Crippen molar-refractivity contribution >= 4 is 34.3 Å². The van der Waals surface area contributed by atoms with Crippen LogP contribution in [0, 0.1) is 6.92 Å². The second-order valence-corrected chi connectivity index (χ2v) is 10.4. The summed E-state index contributed by atoms with van der Waals surface area (Å²) >= 11 is 7.88. The normalized spacial score (nSPS) is 11.4. The van der Waals surface area contributed by atoms with Crippen molar-refractivity contribution in [1.82, 2.24) is 24.1 Å². The molecule has 11 heteroatoms. The van der Waals surface area contributed by atoms with Gasteiger partial charge in [-0.1, -0.05) is 53.7 Å². The van der Waals surface area contributed by atoms with Crippen molar-refractivity contribution < 1.29 is 9.52 Å². The van der Waals surface area contributed by atoms with Crippen LogP contribution < -0.4 is 11.2 Å². The number of hydrogen-bond acceptors (Lipinski definition) is 7. The summed E-state index contributed by atoms with van der Waals surface area (Å²) in [5.74, 6) is 0.743. The maximum Gasteiger partial charge on any atom is 0.336 e. The van der Waals surface area contributed by atoms with Gasteiger partial charge in [0.2, 0.25) is 0 Å². The predicted molar refractivity (Wildman–Crippen MR) is 155 cm³/mol. The third-order valence-electron chi connectivity index (χ3n) is 6.67. The monoisotopic (exact) mass is 571 g/mol. The highest BCUT2D eigenvalue weighted by Gasteiger charge is 2.26. The summed E-state index contributed by atoms with van der Waals surface area (Å²) in [6.45, 7) is 1.86. The molecule has 0 saturated heterocycles. The van der Waals surface area contributed by atoms with Crippen LogP contribution >= 0.6 is 23.4 Å². The first-order chi connectivity index (χ1) is 19.3. The molecule has 9 nitrogen and oxygen atoms in total. The molecule has 0 atom stereocenters. The summed E-state index contributed by atoms with van der Waals surface area (Å²) in [6, 6.07) is 22.7. The van der Waals surface area contributed by atoms with Crippen molar-refractivity contribution in [3.05, 3.63) is 116 Å². The third kappa shape index (κ3) is 4.41. The van der Waals surface area contributed by atoms with Gasteiger partial charge in [-0.2, -0.15) is 0 Å².